The first kappa shape index (κ1) is 23.7. The maximum absolute atomic E-state index is 13.0. The summed E-state index contributed by atoms with van der Waals surface area (Å²) < 4.78 is 20.6. The molecule has 1 aromatic heterocycles. The van der Waals surface area contributed by atoms with Gasteiger partial charge in [0.15, 0.2) is 5.96 Å². The standard InChI is InChI=1S/C22H26FN5O.HI/c1-15-21(16(2)28(4)27-15)14-26-22(24-3)25-13-17-5-9-19(10-6-17)29-20-11-7-18(23)8-12-20;/h5-12H,13-14H2,1-4H3,(H2,24,25,26);1H. The topological polar surface area (TPSA) is 63.5 Å². The van der Waals surface area contributed by atoms with Crippen molar-refractivity contribution in [2.75, 3.05) is 7.05 Å². The smallest absolute Gasteiger partial charge is 0.191 e. The van der Waals surface area contributed by atoms with E-state index in [-0.39, 0.29) is 29.8 Å². The zero-order valence-electron chi connectivity index (χ0n) is 17.6. The first-order valence-electron chi connectivity index (χ1n) is 9.42. The second kappa shape index (κ2) is 11.0. The number of rotatable bonds is 6. The minimum Gasteiger partial charge on any atom is -0.457 e. The summed E-state index contributed by atoms with van der Waals surface area (Å²) in [5.74, 6) is 1.74. The Bertz CT molecular complexity index is 984. The van der Waals surface area contributed by atoms with Crippen molar-refractivity contribution in [3.63, 3.8) is 0 Å². The van der Waals surface area contributed by atoms with Gasteiger partial charge in [0.1, 0.15) is 17.3 Å². The molecular formula is C22H27FIN5O. The normalized spacial score (nSPS) is 11.0. The van der Waals surface area contributed by atoms with Gasteiger partial charge < -0.3 is 15.4 Å². The van der Waals surface area contributed by atoms with Gasteiger partial charge in [-0.05, 0) is 55.8 Å². The van der Waals surface area contributed by atoms with E-state index < -0.39 is 0 Å². The van der Waals surface area contributed by atoms with Crippen molar-refractivity contribution in [1.29, 1.82) is 0 Å². The van der Waals surface area contributed by atoms with Crippen LogP contribution in [0.3, 0.4) is 0 Å². The fraction of sp³-hybridized carbons (Fsp3) is 0.273. The van der Waals surface area contributed by atoms with Crippen molar-refractivity contribution < 1.29 is 9.13 Å². The van der Waals surface area contributed by atoms with E-state index in [1.807, 2.05) is 42.9 Å². The number of aromatic nitrogens is 2. The van der Waals surface area contributed by atoms with Gasteiger partial charge in [0.05, 0.1) is 5.69 Å². The second-order valence-corrected chi connectivity index (χ2v) is 6.75. The van der Waals surface area contributed by atoms with E-state index in [0.29, 0.717) is 24.6 Å². The molecule has 0 atom stereocenters. The molecule has 160 valence electrons. The van der Waals surface area contributed by atoms with E-state index in [1.54, 1.807) is 19.2 Å². The average molecular weight is 523 g/mol. The van der Waals surface area contributed by atoms with Crippen molar-refractivity contribution >= 4 is 29.9 Å². The Morgan fingerprint density at radius 2 is 1.57 bits per heavy atom. The van der Waals surface area contributed by atoms with Crippen molar-refractivity contribution in [3.05, 3.63) is 76.9 Å². The van der Waals surface area contributed by atoms with Gasteiger partial charge in [-0.25, -0.2) is 4.39 Å². The molecule has 0 spiro atoms. The lowest BCUT2D eigenvalue weighted by Gasteiger charge is -2.13. The molecule has 3 aromatic rings. The highest BCUT2D eigenvalue weighted by molar-refractivity contribution is 14.0. The van der Waals surface area contributed by atoms with Crippen LogP contribution in [0.2, 0.25) is 0 Å². The molecule has 2 aromatic carbocycles. The number of halogens is 2. The Balaban J connectivity index is 0.00000320. The number of aryl methyl sites for hydroxylation is 2. The number of hydrogen-bond acceptors (Lipinski definition) is 3. The van der Waals surface area contributed by atoms with Gasteiger partial charge in [0.25, 0.3) is 0 Å². The highest BCUT2D eigenvalue weighted by Crippen LogP contribution is 2.21. The third-order valence-corrected chi connectivity index (χ3v) is 4.75. The number of nitrogens with zero attached hydrogens (tertiary/aromatic N) is 3. The Kier molecular flexibility index (Phi) is 8.64. The monoisotopic (exact) mass is 523 g/mol. The molecule has 0 aliphatic carbocycles. The minimum atomic E-state index is -0.283. The molecule has 0 amide bonds. The van der Waals surface area contributed by atoms with Crippen molar-refractivity contribution in [1.82, 2.24) is 20.4 Å². The van der Waals surface area contributed by atoms with Crippen molar-refractivity contribution in [2.45, 2.75) is 26.9 Å². The maximum Gasteiger partial charge on any atom is 0.191 e. The Morgan fingerprint density at radius 1 is 1.00 bits per heavy atom. The Hall–Kier alpha value is -2.62. The van der Waals surface area contributed by atoms with Crippen LogP contribution in [-0.2, 0) is 20.1 Å². The molecule has 1 heterocycles. The lowest BCUT2D eigenvalue weighted by molar-refractivity contribution is 0.480. The van der Waals surface area contributed by atoms with Crippen LogP contribution in [0.4, 0.5) is 4.39 Å². The fourth-order valence-corrected chi connectivity index (χ4v) is 2.97. The van der Waals surface area contributed by atoms with Crippen LogP contribution in [0.1, 0.15) is 22.5 Å². The van der Waals surface area contributed by atoms with Gasteiger partial charge >= 0.3 is 0 Å². The molecule has 0 saturated heterocycles. The van der Waals surface area contributed by atoms with Gasteiger partial charge in [0, 0.05) is 38.4 Å². The van der Waals surface area contributed by atoms with Crippen LogP contribution in [0.25, 0.3) is 0 Å². The summed E-state index contributed by atoms with van der Waals surface area (Å²) in [5.41, 5.74) is 4.43. The van der Waals surface area contributed by atoms with Crippen molar-refractivity contribution in [3.8, 4) is 11.5 Å². The molecule has 0 radical (unpaired) electrons. The highest BCUT2D eigenvalue weighted by atomic mass is 127. The number of guanidine groups is 1. The highest BCUT2D eigenvalue weighted by Gasteiger charge is 2.09. The molecule has 6 nitrogen and oxygen atoms in total. The molecule has 0 aliphatic heterocycles. The zero-order valence-corrected chi connectivity index (χ0v) is 19.9. The van der Waals surface area contributed by atoms with Crippen LogP contribution < -0.4 is 15.4 Å². The Morgan fingerprint density at radius 3 is 2.10 bits per heavy atom. The van der Waals surface area contributed by atoms with E-state index >= 15 is 0 Å². The van der Waals surface area contributed by atoms with E-state index in [4.69, 9.17) is 4.74 Å². The number of hydrogen-bond donors (Lipinski definition) is 2. The summed E-state index contributed by atoms with van der Waals surface area (Å²) in [7, 11) is 3.69. The number of benzene rings is 2. The van der Waals surface area contributed by atoms with E-state index in [1.165, 1.54) is 17.7 Å². The lowest BCUT2D eigenvalue weighted by atomic mass is 10.2. The van der Waals surface area contributed by atoms with Gasteiger partial charge in [-0.1, -0.05) is 12.1 Å². The van der Waals surface area contributed by atoms with E-state index in [2.05, 4.69) is 27.6 Å². The predicted molar refractivity (Wildman–Crippen MR) is 128 cm³/mol. The third-order valence-electron chi connectivity index (χ3n) is 4.75. The minimum absolute atomic E-state index is 0. The van der Waals surface area contributed by atoms with Gasteiger partial charge in [-0.2, -0.15) is 5.10 Å². The van der Waals surface area contributed by atoms with Crippen LogP contribution in [0.15, 0.2) is 53.5 Å². The maximum atomic E-state index is 13.0. The summed E-state index contributed by atoms with van der Waals surface area (Å²) in [6.45, 7) is 5.36. The Labute approximate surface area is 193 Å². The van der Waals surface area contributed by atoms with Crippen LogP contribution in [0, 0.1) is 19.7 Å². The fourth-order valence-electron chi connectivity index (χ4n) is 2.97. The molecule has 0 bridgehead atoms. The summed E-state index contributed by atoms with van der Waals surface area (Å²) >= 11 is 0. The second-order valence-electron chi connectivity index (χ2n) is 6.75. The quantitative estimate of drug-likeness (QED) is 0.285. The molecule has 0 unspecified atom stereocenters. The molecular weight excluding hydrogens is 496 g/mol. The molecule has 0 aliphatic rings. The molecule has 2 N–H and O–H groups in total. The van der Waals surface area contributed by atoms with Crippen LogP contribution in [-0.4, -0.2) is 22.8 Å². The first-order chi connectivity index (χ1) is 14.0. The predicted octanol–water partition coefficient (Wildman–Crippen LogP) is 4.45. The first-order valence-corrected chi connectivity index (χ1v) is 9.42. The summed E-state index contributed by atoms with van der Waals surface area (Å²) in [5, 5.41) is 11.1. The zero-order chi connectivity index (χ0) is 20.8. The van der Waals surface area contributed by atoms with Gasteiger partial charge in [-0.3, -0.25) is 9.67 Å². The van der Waals surface area contributed by atoms with E-state index in [9.17, 15) is 4.39 Å². The molecule has 0 saturated carbocycles. The van der Waals surface area contributed by atoms with Crippen LogP contribution in [0.5, 0.6) is 11.5 Å². The van der Waals surface area contributed by atoms with Crippen LogP contribution >= 0.6 is 24.0 Å². The molecule has 3 rings (SSSR count). The summed E-state index contributed by atoms with van der Waals surface area (Å²) in [4.78, 5) is 4.28. The van der Waals surface area contributed by atoms with Gasteiger partial charge in [0.2, 0.25) is 0 Å². The van der Waals surface area contributed by atoms with Gasteiger partial charge in [-0.15, -0.1) is 24.0 Å². The number of aliphatic imine (C=N–C) groups is 1. The third kappa shape index (κ3) is 6.19. The lowest BCUT2D eigenvalue weighted by Crippen LogP contribution is -2.36. The largest absolute Gasteiger partial charge is 0.457 e. The SMILES string of the molecule is CN=C(NCc1ccc(Oc2ccc(F)cc2)cc1)NCc1c(C)nn(C)c1C.I. The summed E-state index contributed by atoms with van der Waals surface area (Å²) in [6.07, 6.45) is 0. The molecule has 30 heavy (non-hydrogen) atoms. The molecule has 0 fully saturated rings. The number of nitrogens with one attached hydrogen (secondary N) is 2. The summed E-state index contributed by atoms with van der Waals surface area (Å²) in [6, 6.07) is 13.7. The van der Waals surface area contributed by atoms with Crippen molar-refractivity contribution in [2.24, 2.45) is 12.0 Å². The molecule has 8 heteroatoms. The number of ether oxygens (including phenoxy) is 1. The average Bonchev–Trinajstić information content (AvgIpc) is 2.96. The van der Waals surface area contributed by atoms with E-state index in [0.717, 1.165) is 22.9 Å².